The van der Waals surface area contributed by atoms with Gasteiger partial charge in [-0.25, -0.2) is 8.78 Å². The van der Waals surface area contributed by atoms with Gasteiger partial charge in [0.15, 0.2) is 0 Å². The zero-order valence-electron chi connectivity index (χ0n) is 9.70. The van der Waals surface area contributed by atoms with Crippen molar-refractivity contribution in [2.45, 2.75) is 25.3 Å². The van der Waals surface area contributed by atoms with E-state index in [1.54, 1.807) is 0 Å². The topological polar surface area (TPSA) is 23.5 Å². The zero-order chi connectivity index (χ0) is 12.3. The summed E-state index contributed by atoms with van der Waals surface area (Å²) in [5.74, 6) is -1.15. The van der Waals surface area contributed by atoms with Gasteiger partial charge < -0.3 is 5.11 Å². The molecule has 1 aromatic carbocycles. The number of likely N-dealkylation sites (tertiary alicyclic amines) is 1. The standard InChI is InChI=1S/C13H17F2NO/c14-10-5-4-6-11(15)13(10)12(9-17)16-7-2-1-3-8-16/h4-6,12,17H,1-3,7-9H2. The summed E-state index contributed by atoms with van der Waals surface area (Å²) >= 11 is 0. The lowest BCUT2D eigenvalue weighted by molar-refractivity contribution is 0.0992. The van der Waals surface area contributed by atoms with E-state index in [1.165, 1.54) is 18.2 Å². The van der Waals surface area contributed by atoms with E-state index >= 15 is 0 Å². The molecule has 0 amide bonds. The molecule has 1 atom stereocenters. The molecule has 1 unspecified atom stereocenters. The van der Waals surface area contributed by atoms with Crippen LogP contribution in [0.1, 0.15) is 30.9 Å². The molecule has 1 fully saturated rings. The van der Waals surface area contributed by atoms with Crippen LogP contribution in [0.3, 0.4) is 0 Å². The van der Waals surface area contributed by atoms with E-state index in [0.29, 0.717) is 0 Å². The van der Waals surface area contributed by atoms with Gasteiger partial charge in [-0.05, 0) is 38.1 Å². The van der Waals surface area contributed by atoms with Crippen LogP contribution in [0.5, 0.6) is 0 Å². The number of halogens is 2. The van der Waals surface area contributed by atoms with Crippen LogP contribution in [0.15, 0.2) is 18.2 Å². The first-order valence-corrected chi connectivity index (χ1v) is 6.03. The fraction of sp³-hybridized carbons (Fsp3) is 0.538. The van der Waals surface area contributed by atoms with Crippen LogP contribution in [-0.2, 0) is 0 Å². The molecule has 1 heterocycles. The average Bonchev–Trinajstić information content (AvgIpc) is 2.35. The minimum Gasteiger partial charge on any atom is -0.394 e. The van der Waals surface area contributed by atoms with Gasteiger partial charge in [0.05, 0.1) is 12.6 Å². The maximum atomic E-state index is 13.7. The third-order valence-electron chi connectivity index (χ3n) is 3.34. The highest BCUT2D eigenvalue weighted by Gasteiger charge is 2.26. The summed E-state index contributed by atoms with van der Waals surface area (Å²) in [6.07, 6.45) is 3.19. The van der Waals surface area contributed by atoms with Crippen LogP contribution >= 0.6 is 0 Å². The van der Waals surface area contributed by atoms with Crippen molar-refractivity contribution in [1.29, 1.82) is 0 Å². The maximum Gasteiger partial charge on any atom is 0.131 e. The van der Waals surface area contributed by atoms with Crippen molar-refractivity contribution in [2.24, 2.45) is 0 Å². The Morgan fingerprint density at radius 1 is 1.12 bits per heavy atom. The van der Waals surface area contributed by atoms with Gasteiger partial charge in [0.1, 0.15) is 11.6 Å². The van der Waals surface area contributed by atoms with E-state index in [1.807, 2.05) is 4.90 Å². The third-order valence-corrected chi connectivity index (χ3v) is 3.34. The van der Waals surface area contributed by atoms with Gasteiger partial charge in [-0.15, -0.1) is 0 Å². The lowest BCUT2D eigenvalue weighted by Gasteiger charge is -2.33. The zero-order valence-corrected chi connectivity index (χ0v) is 9.70. The summed E-state index contributed by atoms with van der Waals surface area (Å²) in [4.78, 5) is 1.96. The second kappa shape index (κ2) is 5.56. The van der Waals surface area contributed by atoms with Gasteiger partial charge in [-0.3, -0.25) is 4.90 Å². The largest absolute Gasteiger partial charge is 0.394 e. The highest BCUT2D eigenvalue weighted by Crippen LogP contribution is 2.28. The first kappa shape index (κ1) is 12.5. The summed E-state index contributed by atoms with van der Waals surface area (Å²) in [6.45, 7) is 1.33. The fourth-order valence-corrected chi connectivity index (χ4v) is 2.45. The molecule has 0 radical (unpaired) electrons. The van der Waals surface area contributed by atoms with Gasteiger partial charge in [-0.2, -0.15) is 0 Å². The van der Waals surface area contributed by atoms with Crippen molar-refractivity contribution < 1.29 is 13.9 Å². The highest BCUT2D eigenvalue weighted by molar-refractivity contribution is 5.23. The van der Waals surface area contributed by atoms with Gasteiger partial charge in [-0.1, -0.05) is 12.5 Å². The quantitative estimate of drug-likeness (QED) is 0.878. The normalized spacial score (nSPS) is 19.2. The molecular formula is C13H17F2NO. The number of hydrogen-bond donors (Lipinski definition) is 1. The average molecular weight is 241 g/mol. The Kier molecular flexibility index (Phi) is 4.07. The van der Waals surface area contributed by atoms with Crippen LogP contribution in [0.25, 0.3) is 0 Å². The van der Waals surface area contributed by atoms with E-state index in [4.69, 9.17) is 0 Å². The maximum absolute atomic E-state index is 13.7. The second-order valence-electron chi connectivity index (χ2n) is 4.43. The summed E-state index contributed by atoms with van der Waals surface area (Å²) < 4.78 is 27.3. The Labute approximate surface area is 99.9 Å². The molecule has 0 spiro atoms. The van der Waals surface area contributed by atoms with E-state index in [2.05, 4.69) is 0 Å². The Bertz CT molecular complexity index is 357. The molecule has 0 bridgehead atoms. The minimum absolute atomic E-state index is 0.00287. The highest BCUT2D eigenvalue weighted by atomic mass is 19.1. The third kappa shape index (κ3) is 2.64. The summed E-state index contributed by atoms with van der Waals surface area (Å²) in [5.41, 5.74) is -0.00287. The molecule has 94 valence electrons. The molecule has 2 rings (SSSR count). The SMILES string of the molecule is OCC(c1c(F)cccc1F)N1CCCCC1. The van der Waals surface area contributed by atoms with Crippen LogP contribution in [-0.4, -0.2) is 29.7 Å². The van der Waals surface area contributed by atoms with E-state index < -0.39 is 17.7 Å². The van der Waals surface area contributed by atoms with E-state index in [-0.39, 0.29) is 12.2 Å². The Hall–Kier alpha value is -1.00. The summed E-state index contributed by atoms with van der Waals surface area (Å²) in [7, 11) is 0. The molecule has 17 heavy (non-hydrogen) atoms. The summed E-state index contributed by atoms with van der Waals surface area (Å²) in [5, 5.41) is 9.41. The molecular weight excluding hydrogens is 224 g/mol. The first-order chi connectivity index (χ1) is 8.24. The number of aliphatic hydroxyl groups excluding tert-OH is 1. The number of benzene rings is 1. The smallest absolute Gasteiger partial charge is 0.131 e. The van der Waals surface area contributed by atoms with Crippen LogP contribution < -0.4 is 0 Å². The van der Waals surface area contributed by atoms with Crippen molar-refractivity contribution in [2.75, 3.05) is 19.7 Å². The fourth-order valence-electron chi connectivity index (χ4n) is 2.45. The van der Waals surface area contributed by atoms with Gasteiger partial charge in [0, 0.05) is 5.56 Å². The molecule has 0 aliphatic carbocycles. The molecule has 1 aliphatic heterocycles. The molecule has 4 heteroatoms. The van der Waals surface area contributed by atoms with Crippen molar-refractivity contribution in [3.05, 3.63) is 35.4 Å². The van der Waals surface area contributed by atoms with Crippen molar-refractivity contribution >= 4 is 0 Å². The monoisotopic (exact) mass is 241 g/mol. The van der Waals surface area contributed by atoms with Crippen molar-refractivity contribution in [3.63, 3.8) is 0 Å². The number of nitrogens with zero attached hydrogens (tertiary/aromatic N) is 1. The molecule has 1 N–H and O–H groups in total. The van der Waals surface area contributed by atoms with Crippen LogP contribution in [0, 0.1) is 11.6 Å². The predicted molar refractivity (Wildman–Crippen MR) is 61.6 cm³/mol. The van der Waals surface area contributed by atoms with Gasteiger partial charge in [0.25, 0.3) is 0 Å². The Balaban J connectivity index is 2.27. The molecule has 1 saturated heterocycles. The van der Waals surface area contributed by atoms with Gasteiger partial charge in [0.2, 0.25) is 0 Å². The van der Waals surface area contributed by atoms with E-state index in [9.17, 15) is 13.9 Å². The molecule has 0 aromatic heterocycles. The molecule has 0 saturated carbocycles. The van der Waals surface area contributed by atoms with Crippen LogP contribution in [0.2, 0.25) is 0 Å². The van der Waals surface area contributed by atoms with Crippen molar-refractivity contribution in [3.8, 4) is 0 Å². The number of rotatable bonds is 3. The van der Waals surface area contributed by atoms with Gasteiger partial charge >= 0.3 is 0 Å². The molecule has 2 nitrogen and oxygen atoms in total. The van der Waals surface area contributed by atoms with Crippen LogP contribution in [0.4, 0.5) is 8.78 Å². The Morgan fingerprint density at radius 2 is 1.71 bits per heavy atom. The number of aliphatic hydroxyl groups is 1. The Morgan fingerprint density at radius 3 is 2.24 bits per heavy atom. The summed E-state index contributed by atoms with van der Waals surface area (Å²) in [6, 6.07) is 3.27. The number of hydrogen-bond acceptors (Lipinski definition) is 2. The molecule has 1 aliphatic rings. The minimum atomic E-state index is -0.574. The lowest BCUT2D eigenvalue weighted by atomic mass is 10.0. The molecule has 1 aromatic rings. The first-order valence-electron chi connectivity index (χ1n) is 6.03. The number of piperidine rings is 1. The predicted octanol–water partition coefficient (Wildman–Crippen LogP) is 2.48. The van der Waals surface area contributed by atoms with Crippen molar-refractivity contribution in [1.82, 2.24) is 4.90 Å². The van der Waals surface area contributed by atoms with E-state index in [0.717, 1.165) is 32.4 Å². The lowest BCUT2D eigenvalue weighted by Crippen LogP contribution is -2.36. The second-order valence-corrected chi connectivity index (χ2v) is 4.43.